The lowest BCUT2D eigenvalue weighted by molar-refractivity contribution is 0.706. The lowest BCUT2D eigenvalue weighted by Gasteiger charge is -2.14. The Bertz CT molecular complexity index is 203. The maximum Gasteiger partial charge on any atom is 0.0292 e. The molecular formula is C10H13S. The smallest absolute Gasteiger partial charge is 0.0292 e. The molecule has 0 aromatic heterocycles. The fraction of sp³-hybridized carbons (Fsp3) is 0.300. The van der Waals surface area contributed by atoms with E-state index in [1.165, 1.54) is 5.56 Å². The molecule has 0 aliphatic heterocycles. The van der Waals surface area contributed by atoms with Gasteiger partial charge in [0, 0.05) is 5.25 Å². The van der Waals surface area contributed by atoms with Crippen LogP contribution in [0, 0.1) is 12.8 Å². The van der Waals surface area contributed by atoms with Crippen LogP contribution in [0.4, 0.5) is 0 Å². The van der Waals surface area contributed by atoms with Gasteiger partial charge < -0.3 is 0 Å². The number of hydrogen-bond donors (Lipinski definition) is 1. The highest BCUT2D eigenvalue weighted by molar-refractivity contribution is 7.80. The second-order valence-corrected chi connectivity index (χ2v) is 3.39. The first-order chi connectivity index (χ1) is 5.22. The van der Waals surface area contributed by atoms with E-state index >= 15 is 0 Å². The molecule has 0 saturated heterocycles. The standard InChI is InChI=1S/C10H13S/c1-8(2)10(11)9-6-4-3-5-7-9/h3-8,10-11H,1H2,2H3/t8-,10?/m1/s1. The van der Waals surface area contributed by atoms with Crippen molar-refractivity contribution in [3.8, 4) is 0 Å². The zero-order chi connectivity index (χ0) is 8.27. The molecule has 0 N–H and O–H groups in total. The molecule has 0 aliphatic carbocycles. The van der Waals surface area contributed by atoms with Crippen LogP contribution in [0.15, 0.2) is 30.3 Å². The Kier molecular flexibility index (Phi) is 3.01. The largest absolute Gasteiger partial charge is 0.171 e. The first-order valence-corrected chi connectivity index (χ1v) is 4.29. The molecular weight excluding hydrogens is 152 g/mol. The van der Waals surface area contributed by atoms with Gasteiger partial charge in [-0.05, 0) is 18.4 Å². The highest BCUT2D eigenvalue weighted by atomic mass is 32.1. The van der Waals surface area contributed by atoms with Gasteiger partial charge in [-0.2, -0.15) is 12.6 Å². The third-order valence-corrected chi connectivity index (χ3v) is 2.49. The Labute approximate surface area is 74.0 Å². The molecule has 11 heavy (non-hydrogen) atoms. The molecule has 1 radical (unpaired) electrons. The van der Waals surface area contributed by atoms with Gasteiger partial charge in [0.25, 0.3) is 0 Å². The summed E-state index contributed by atoms with van der Waals surface area (Å²) < 4.78 is 0. The summed E-state index contributed by atoms with van der Waals surface area (Å²) in [5.41, 5.74) is 1.25. The van der Waals surface area contributed by atoms with Gasteiger partial charge in [-0.15, -0.1) is 0 Å². The van der Waals surface area contributed by atoms with Crippen molar-refractivity contribution in [1.82, 2.24) is 0 Å². The topological polar surface area (TPSA) is 0 Å². The van der Waals surface area contributed by atoms with Crippen LogP contribution in [-0.4, -0.2) is 0 Å². The van der Waals surface area contributed by atoms with Crippen LogP contribution < -0.4 is 0 Å². The van der Waals surface area contributed by atoms with E-state index in [0.29, 0.717) is 5.92 Å². The highest BCUT2D eigenvalue weighted by Gasteiger charge is 2.08. The van der Waals surface area contributed by atoms with Crippen LogP contribution in [0.25, 0.3) is 0 Å². The van der Waals surface area contributed by atoms with Crippen LogP contribution in [0.5, 0.6) is 0 Å². The molecule has 0 spiro atoms. The zero-order valence-electron chi connectivity index (χ0n) is 6.70. The Hall–Kier alpha value is -0.430. The summed E-state index contributed by atoms with van der Waals surface area (Å²) in [5.74, 6) is 0.348. The summed E-state index contributed by atoms with van der Waals surface area (Å²) in [6.45, 7) is 6.01. The van der Waals surface area contributed by atoms with Crippen molar-refractivity contribution in [1.29, 1.82) is 0 Å². The second-order valence-electron chi connectivity index (χ2n) is 2.83. The van der Waals surface area contributed by atoms with E-state index in [2.05, 4.69) is 38.6 Å². The maximum atomic E-state index is 4.45. The van der Waals surface area contributed by atoms with Crippen molar-refractivity contribution in [3.05, 3.63) is 42.8 Å². The van der Waals surface area contributed by atoms with Crippen molar-refractivity contribution in [2.75, 3.05) is 0 Å². The molecule has 2 atom stereocenters. The molecule has 59 valence electrons. The van der Waals surface area contributed by atoms with Gasteiger partial charge in [0.1, 0.15) is 0 Å². The van der Waals surface area contributed by atoms with Crippen molar-refractivity contribution in [2.24, 2.45) is 5.92 Å². The van der Waals surface area contributed by atoms with E-state index in [0.717, 1.165) is 0 Å². The summed E-state index contributed by atoms with van der Waals surface area (Å²) in [6.07, 6.45) is 0. The number of benzene rings is 1. The molecule has 1 heteroatoms. The first kappa shape index (κ1) is 8.66. The Morgan fingerprint density at radius 1 is 1.27 bits per heavy atom. The summed E-state index contributed by atoms with van der Waals surface area (Å²) in [6, 6.07) is 10.2. The molecule has 0 fully saturated rings. The third kappa shape index (κ3) is 2.26. The van der Waals surface area contributed by atoms with Gasteiger partial charge in [-0.1, -0.05) is 37.3 Å². The third-order valence-electron chi connectivity index (χ3n) is 1.68. The summed E-state index contributed by atoms with van der Waals surface area (Å²) in [7, 11) is 0. The molecule has 0 amide bonds. The normalized spacial score (nSPS) is 13.5. The molecule has 0 saturated carbocycles. The van der Waals surface area contributed by atoms with Gasteiger partial charge in [0.05, 0.1) is 0 Å². The van der Waals surface area contributed by atoms with Crippen LogP contribution in [0.3, 0.4) is 0 Å². The van der Waals surface area contributed by atoms with Gasteiger partial charge in [-0.3, -0.25) is 0 Å². The monoisotopic (exact) mass is 165 g/mol. The van der Waals surface area contributed by atoms with Gasteiger partial charge in [0.15, 0.2) is 0 Å². The second kappa shape index (κ2) is 3.82. The Morgan fingerprint density at radius 3 is 2.27 bits per heavy atom. The Balaban J connectivity index is 2.77. The maximum absolute atomic E-state index is 4.45. The summed E-state index contributed by atoms with van der Waals surface area (Å²) >= 11 is 4.45. The molecule has 1 rings (SSSR count). The number of thiol groups is 1. The quantitative estimate of drug-likeness (QED) is 0.639. The minimum Gasteiger partial charge on any atom is -0.171 e. The zero-order valence-corrected chi connectivity index (χ0v) is 7.59. The van der Waals surface area contributed by atoms with Crippen LogP contribution >= 0.6 is 12.6 Å². The molecule has 1 aromatic rings. The number of rotatable bonds is 2. The van der Waals surface area contributed by atoms with E-state index < -0.39 is 0 Å². The average molecular weight is 165 g/mol. The van der Waals surface area contributed by atoms with Crippen LogP contribution in [-0.2, 0) is 0 Å². The molecule has 0 nitrogen and oxygen atoms in total. The average Bonchev–Trinajstić information content (AvgIpc) is 2.05. The van der Waals surface area contributed by atoms with E-state index in [9.17, 15) is 0 Å². The highest BCUT2D eigenvalue weighted by Crippen LogP contribution is 2.26. The van der Waals surface area contributed by atoms with Crippen molar-refractivity contribution < 1.29 is 0 Å². The van der Waals surface area contributed by atoms with Gasteiger partial charge in [0.2, 0.25) is 0 Å². The lowest BCUT2D eigenvalue weighted by atomic mass is 10.0. The summed E-state index contributed by atoms with van der Waals surface area (Å²) in [4.78, 5) is 0. The molecule has 0 aliphatic rings. The molecule has 1 unspecified atom stereocenters. The minimum absolute atomic E-state index is 0.260. The van der Waals surface area contributed by atoms with Crippen LogP contribution in [0.2, 0.25) is 0 Å². The lowest BCUT2D eigenvalue weighted by Crippen LogP contribution is -1.98. The van der Waals surface area contributed by atoms with Crippen molar-refractivity contribution in [2.45, 2.75) is 12.2 Å². The van der Waals surface area contributed by atoms with E-state index in [1.807, 2.05) is 18.2 Å². The van der Waals surface area contributed by atoms with E-state index in [-0.39, 0.29) is 5.25 Å². The molecule has 1 aromatic carbocycles. The van der Waals surface area contributed by atoms with E-state index in [4.69, 9.17) is 0 Å². The molecule has 0 heterocycles. The fourth-order valence-electron chi connectivity index (χ4n) is 0.979. The molecule has 0 bridgehead atoms. The summed E-state index contributed by atoms with van der Waals surface area (Å²) in [5, 5.41) is 0.260. The predicted octanol–water partition coefficient (Wildman–Crippen LogP) is 3.13. The minimum atomic E-state index is 0.260. The Morgan fingerprint density at radius 2 is 1.82 bits per heavy atom. The first-order valence-electron chi connectivity index (χ1n) is 3.78. The SMILES string of the molecule is [CH2][C@H](C)C(S)c1ccccc1. The number of hydrogen-bond acceptors (Lipinski definition) is 1. The van der Waals surface area contributed by atoms with Gasteiger partial charge in [-0.25, -0.2) is 0 Å². The van der Waals surface area contributed by atoms with Gasteiger partial charge >= 0.3 is 0 Å². The van der Waals surface area contributed by atoms with Crippen LogP contribution in [0.1, 0.15) is 17.7 Å². The predicted molar refractivity (Wildman–Crippen MR) is 52.7 cm³/mol. The van der Waals surface area contributed by atoms with Crippen molar-refractivity contribution in [3.63, 3.8) is 0 Å². The van der Waals surface area contributed by atoms with Crippen molar-refractivity contribution >= 4 is 12.6 Å². The van der Waals surface area contributed by atoms with E-state index in [1.54, 1.807) is 0 Å². The fourth-order valence-corrected chi connectivity index (χ4v) is 1.15.